The molecule has 2 amide bonds. The average molecular weight is 564 g/mol. The zero-order valence-corrected chi connectivity index (χ0v) is 22.0. The van der Waals surface area contributed by atoms with Gasteiger partial charge in [-0.1, -0.05) is 11.3 Å². The summed E-state index contributed by atoms with van der Waals surface area (Å²) in [5.74, 6) is -1.40. The Morgan fingerprint density at radius 1 is 1.18 bits per heavy atom. The fraction of sp³-hybridized carbons (Fsp3) is 0.520. The van der Waals surface area contributed by atoms with E-state index in [0.717, 1.165) is 18.4 Å². The molecule has 40 heavy (non-hydrogen) atoms. The van der Waals surface area contributed by atoms with Crippen molar-refractivity contribution in [1.82, 2.24) is 35.4 Å². The highest BCUT2D eigenvalue weighted by Gasteiger charge is 2.39. The molecule has 0 bridgehead atoms. The third-order valence-electron chi connectivity index (χ3n) is 6.37. The third-order valence-corrected chi connectivity index (χ3v) is 6.37. The Hall–Kier alpha value is -4.17. The number of ether oxygens (including phenoxy) is 2. The quantitative estimate of drug-likeness (QED) is 0.453. The van der Waals surface area contributed by atoms with Crippen molar-refractivity contribution in [3.63, 3.8) is 0 Å². The van der Waals surface area contributed by atoms with Crippen LogP contribution in [0.5, 0.6) is 5.75 Å². The van der Waals surface area contributed by atoms with Crippen molar-refractivity contribution in [1.29, 1.82) is 0 Å². The van der Waals surface area contributed by atoms with Gasteiger partial charge in [-0.25, -0.2) is 4.79 Å². The van der Waals surface area contributed by atoms with Gasteiger partial charge in [0, 0.05) is 24.3 Å². The molecule has 214 valence electrons. The number of aromatic nitrogens is 5. The number of halogens is 3. The van der Waals surface area contributed by atoms with Crippen LogP contribution in [0, 0.1) is 0 Å². The lowest BCUT2D eigenvalue weighted by molar-refractivity contribution is -0.274. The summed E-state index contributed by atoms with van der Waals surface area (Å²) in [6.45, 7) is 5.80. The van der Waals surface area contributed by atoms with Crippen LogP contribution < -0.4 is 10.1 Å². The lowest BCUT2D eigenvalue weighted by Crippen LogP contribution is -2.43. The molecule has 2 aliphatic rings. The van der Waals surface area contributed by atoms with E-state index in [1.807, 2.05) is 0 Å². The Balaban J connectivity index is 1.31. The highest BCUT2D eigenvalue weighted by atomic mass is 19.4. The molecular weight excluding hydrogens is 535 g/mol. The van der Waals surface area contributed by atoms with Crippen LogP contribution >= 0.6 is 0 Å². The van der Waals surface area contributed by atoms with Crippen molar-refractivity contribution < 1.29 is 36.7 Å². The van der Waals surface area contributed by atoms with Gasteiger partial charge in [0.1, 0.15) is 11.4 Å². The molecule has 0 unspecified atom stereocenters. The van der Waals surface area contributed by atoms with Gasteiger partial charge < -0.3 is 24.1 Å². The number of carbonyl (C=O) groups excluding carboxylic acids is 2. The summed E-state index contributed by atoms with van der Waals surface area (Å²) < 4.78 is 55.1. The fourth-order valence-electron chi connectivity index (χ4n) is 4.62. The van der Waals surface area contributed by atoms with Gasteiger partial charge in [0.2, 0.25) is 5.89 Å². The molecule has 1 aliphatic heterocycles. The van der Waals surface area contributed by atoms with Gasteiger partial charge in [-0.3, -0.25) is 9.48 Å². The second-order valence-electron chi connectivity index (χ2n) is 10.8. The molecule has 1 saturated heterocycles. The molecule has 0 spiro atoms. The van der Waals surface area contributed by atoms with Crippen LogP contribution in [0.4, 0.5) is 18.0 Å². The van der Waals surface area contributed by atoms with Gasteiger partial charge in [0.05, 0.1) is 18.8 Å². The van der Waals surface area contributed by atoms with Crippen LogP contribution in [-0.4, -0.2) is 72.7 Å². The van der Waals surface area contributed by atoms with Crippen LogP contribution in [0.1, 0.15) is 62.2 Å². The van der Waals surface area contributed by atoms with Crippen LogP contribution in [0.3, 0.4) is 0 Å². The van der Waals surface area contributed by atoms with Crippen molar-refractivity contribution in [2.45, 2.75) is 76.5 Å². The number of benzene rings is 1. The van der Waals surface area contributed by atoms with Crippen LogP contribution in [0.2, 0.25) is 0 Å². The molecule has 12 nitrogen and oxygen atoms in total. The van der Waals surface area contributed by atoms with E-state index < -0.39 is 35.8 Å². The summed E-state index contributed by atoms with van der Waals surface area (Å²) >= 11 is 0. The Bertz CT molecular complexity index is 1370. The molecule has 2 atom stereocenters. The number of nitrogens with one attached hydrogen (secondary N) is 1. The molecule has 1 aliphatic carbocycles. The largest absolute Gasteiger partial charge is 0.573 e. The number of hydrogen-bond donors (Lipinski definition) is 1. The van der Waals surface area contributed by atoms with Crippen molar-refractivity contribution in [3.05, 3.63) is 42.0 Å². The van der Waals surface area contributed by atoms with Gasteiger partial charge in [-0.15, -0.1) is 28.5 Å². The van der Waals surface area contributed by atoms with E-state index >= 15 is 0 Å². The SMILES string of the molecule is CC(C)(C)OC(=O)N1C[C@H](NC(=O)c2nnc(-c3cc(OC(F)(F)F)ccc3C3CC3)o2)C[C@H]1Cn1ccnn1. The zero-order chi connectivity index (χ0) is 28.7. The van der Waals surface area contributed by atoms with Gasteiger partial charge in [-0.2, -0.15) is 0 Å². The Kier molecular flexibility index (Phi) is 7.14. The Morgan fingerprint density at radius 3 is 2.60 bits per heavy atom. The standard InChI is InChI=1S/C25H28F3N7O5/c1-24(2,3)40-23(37)35-12-15(10-16(35)13-34-9-8-29-33-34)30-20(36)22-32-31-21(38-22)19-11-17(39-25(26,27)28)6-7-18(19)14-4-5-14/h6-9,11,14-16H,4-5,10,12-13H2,1-3H3,(H,30,36)/t15-,16+/m1/s1. The second-order valence-corrected chi connectivity index (χ2v) is 10.8. The second kappa shape index (κ2) is 10.4. The van der Waals surface area contributed by atoms with Crippen molar-refractivity contribution in [2.75, 3.05) is 6.54 Å². The number of likely N-dealkylation sites (tertiary alicyclic amines) is 1. The molecule has 1 saturated carbocycles. The number of hydrogen-bond acceptors (Lipinski definition) is 9. The first-order valence-electron chi connectivity index (χ1n) is 12.7. The summed E-state index contributed by atoms with van der Waals surface area (Å²) in [7, 11) is 0. The average Bonchev–Trinajstić information content (AvgIpc) is 3.21. The monoisotopic (exact) mass is 563 g/mol. The van der Waals surface area contributed by atoms with E-state index in [9.17, 15) is 22.8 Å². The maximum absolute atomic E-state index is 13.0. The summed E-state index contributed by atoms with van der Waals surface area (Å²) in [6, 6.07) is 3.16. The third kappa shape index (κ3) is 6.69. The minimum atomic E-state index is -4.86. The van der Waals surface area contributed by atoms with E-state index in [0.29, 0.717) is 13.0 Å². The smallest absolute Gasteiger partial charge is 0.444 e. The predicted octanol–water partition coefficient (Wildman–Crippen LogP) is 3.91. The summed E-state index contributed by atoms with van der Waals surface area (Å²) in [6.07, 6.45) is -0.0442. The number of rotatable bonds is 7. The van der Waals surface area contributed by atoms with E-state index in [4.69, 9.17) is 9.15 Å². The van der Waals surface area contributed by atoms with Crippen LogP contribution in [-0.2, 0) is 11.3 Å². The number of amides is 2. The van der Waals surface area contributed by atoms with Crippen LogP contribution in [0.15, 0.2) is 35.0 Å². The molecular formula is C25H28F3N7O5. The molecule has 1 N–H and O–H groups in total. The minimum absolute atomic E-state index is 0.0921. The summed E-state index contributed by atoms with van der Waals surface area (Å²) in [5.41, 5.74) is 0.309. The van der Waals surface area contributed by atoms with E-state index in [1.165, 1.54) is 29.3 Å². The maximum atomic E-state index is 13.0. The molecule has 2 aromatic heterocycles. The van der Waals surface area contributed by atoms with Gasteiger partial charge in [0.15, 0.2) is 0 Å². The minimum Gasteiger partial charge on any atom is -0.444 e. The highest BCUT2D eigenvalue weighted by molar-refractivity contribution is 5.90. The highest BCUT2D eigenvalue weighted by Crippen LogP contribution is 2.45. The molecule has 1 aromatic carbocycles. The molecule has 5 rings (SSSR count). The first kappa shape index (κ1) is 27.4. The van der Waals surface area contributed by atoms with Crippen molar-refractivity contribution in [3.8, 4) is 17.2 Å². The molecule has 0 radical (unpaired) electrons. The first-order valence-corrected chi connectivity index (χ1v) is 12.7. The van der Waals surface area contributed by atoms with Crippen LogP contribution in [0.25, 0.3) is 11.5 Å². The van der Waals surface area contributed by atoms with E-state index in [1.54, 1.807) is 31.6 Å². The van der Waals surface area contributed by atoms with E-state index in [-0.39, 0.29) is 35.8 Å². The zero-order valence-electron chi connectivity index (χ0n) is 22.0. The summed E-state index contributed by atoms with van der Waals surface area (Å²) in [4.78, 5) is 27.4. The Morgan fingerprint density at radius 2 is 1.95 bits per heavy atom. The first-order chi connectivity index (χ1) is 18.8. The van der Waals surface area contributed by atoms with Crippen molar-refractivity contribution >= 4 is 12.0 Å². The normalized spacial score (nSPS) is 19.5. The van der Waals surface area contributed by atoms with E-state index in [2.05, 4.69) is 30.6 Å². The Labute approximate surface area is 226 Å². The summed E-state index contributed by atoms with van der Waals surface area (Å²) in [5, 5.41) is 18.3. The van der Waals surface area contributed by atoms with Gasteiger partial charge in [0.25, 0.3) is 0 Å². The molecule has 15 heteroatoms. The number of nitrogens with zero attached hydrogens (tertiary/aromatic N) is 6. The predicted molar refractivity (Wildman–Crippen MR) is 131 cm³/mol. The van der Waals surface area contributed by atoms with Gasteiger partial charge >= 0.3 is 24.3 Å². The maximum Gasteiger partial charge on any atom is 0.573 e. The molecule has 3 heterocycles. The molecule has 2 fully saturated rings. The van der Waals surface area contributed by atoms with Gasteiger partial charge in [-0.05, 0) is 63.6 Å². The lowest BCUT2D eigenvalue weighted by atomic mass is 10.0. The fourth-order valence-corrected chi connectivity index (χ4v) is 4.62. The molecule has 3 aromatic rings. The number of alkyl halides is 3. The lowest BCUT2D eigenvalue weighted by Gasteiger charge is -2.28. The topological polar surface area (TPSA) is 138 Å². The number of carbonyl (C=O) groups is 2. The van der Waals surface area contributed by atoms with Crippen molar-refractivity contribution in [2.24, 2.45) is 0 Å².